The number of rotatable bonds is 7. The summed E-state index contributed by atoms with van der Waals surface area (Å²) in [4.78, 5) is 14.7. The summed E-state index contributed by atoms with van der Waals surface area (Å²) in [7, 11) is 3.18. The number of methoxy groups -OCH3 is 2. The van der Waals surface area contributed by atoms with E-state index in [-0.39, 0.29) is 18.3 Å². The zero-order chi connectivity index (χ0) is 26.9. The highest BCUT2D eigenvalue weighted by Crippen LogP contribution is 2.49. The highest BCUT2D eigenvalue weighted by atomic mass is 35.5. The molecular formula is C28H22ClN5O5. The summed E-state index contributed by atoms with van der Waals surface area (Å²) in [5, 5.41) is 19.2. The smallest absolute Gasteiger partial charge is 0.228 e. The minimum absolute atomic E-state index is 0.0315. The first-order valence-corrected chi connectivity index (χ1v) is 12.3. The van der Waals surface area contributed by atoms with E-state index in [1.807, 2.05) is 42.5 Å². The Balaban J connectivity index is 1.40. The van der Waals surface area contributed by atoms with Crippen LogP contribution < -0.4 is 14.2 Å². The van der Waals surface area contributed by atoms with Crippen molar-refractivity contribution in [2.75, 3.05) is 14.2 Å². The van der Waals surface area contributed by atoms with Crippen molar-refractivity contribution in [2.24, 2.45) is 5.16 Å². The van der Waals surface area contributed by atoms with Crippen LogP contribution in [0.1, 0.15) is 34.0 Å². The van der Waals surface area contributed by atoms with E-state index in [2.05, 4.69) is 15.2 Å². The van der Waals surface area contributed by atoms with Gasteiger partial charge in [0.25, 0.3) is 0 Å². The van der Waals surface area contributed by atoms with E-state index in [9.17, 15) is 5.11 Å². The topological polar surface area (TPSA) is 113 Å². The molecule has 0 saturated carbocycles. The second-order valence-corrected chi connectivity index (χ2v) is 9.07. The highest BCUT2D eigenvalue weighted by molar-refractivity contribution is 6.33. The normalized spacial score (nSPS) is 14.1. The Kier molecular flexibility index (Phi) is 6.37. The van der Waals surface area contributed by atoms with Crippen molar-refractivity contribution in [3.63, 3.8) is 0 Å². The van der Waals surface area contributed by atoms with Crippen LogP contribution in [0.15, 0.2) is 72.1 Å². The number of hydrogen-bond donors (Lipinski definition) is 1. The first-order chi connectivity index (χ1) is 19.1. The number of phenols is 1. The fourth-order valence-electron chi connectivity index (χ4n) is 4.56. The summed E-state index contributed by atoms with van der Waals surface area (Å²) in [6.45, 7) is 0.0315. The lowest BCUT2D eigenvalue weighted by Crippen LogP contribution is -2.15. The largest absolute Gasteiger partial charge is 0.508 e. The van der Waals surface area contributed by atoms with E-state index in [1.165, 1.54) is 12.5 Å². The molecule has 1 atom stereocenters. The molecule has 6 rings (SSSR count). The van der Waals surface area contributed by atoms with E-state index in [0.717, 1.165) is 16.7 Å². The molecule has 1 N–H and O–H groups in total. The van der Waals surface area contributed by atoms with Gasteiger partial charge in [0.1, 0.15) is 17.8 Å². The van der Waals surface area contributed by atoms with Crippen LogP contribution in [0.25, 0.3) is 5.65 Å². The van der Waals surface area contributed by atoms with Gasteiger partial charge in [-0.15, -0.1) is 5.10 Å². The SMILES string of the molecule is COc1ccc([C@H]2c3ccc(O)cc3Oc3ncn4nc(CO/N=C\c5ccccc5Cl)nc4c32)cc1OC. The number of phenolic OH excluding ortho intramolecular Hbond substituents is 1. The van der Waals surface area contributed by atoms with Crippen molar-refractivity contribution in [2.45, 2.75) is 12.5 Å². The average Bonchev–Trinajstić information content (AvgIpc) is 3.37. The van der Waals surface area contributed by atoms with Gasteiger partial charge in [-0.1, -0.05) is 47.1 Å². The Bertz CT molecular complexity index is 1720. The van der Waals surface area contributed by atoms with Crippen molar-refractivity contribution in [1.82, 2.24) is 19.6 Å². The molecule has 0 saturated heterocycles. The minimum Gasteiger partial charge on any atom is -0.508 e. The molecule has 196 valence electrons. The zero-order valence-electron chi connectivity index (χ0n) is 20.9. The van der Waals surface area contributed by atoms with Crippen LogP contribution in [0.4, 0.5) is 0 Å². The van der Waals surface area contributed by atoms with Gasteiger partial charge in [-0.2, -0.15) is 0 Å². The molecule has 3 aromatic carbocycles. The second-order valence-electron chi connectivity index (χ2n) is 8.66. The van der Waals surface area contributed by atoms with E-state index in [4.69, 9.17) is 35.6 Å². The van der Waals surface area contributed by atoms with Crippen molar-refractivity contribution < 1.29 is 24.2 Å². The lowest BCUT2D eigenvalue weighted by Gasteiger charge is -2.28. The van der Waals surface area contributed by atoms with Gasteiger partial charge >= 0.3 is 0 Å². The molecule has 0 amide bonds. The minimum atomic E-state index is -0.350. The number of aromatic nitrogens is 4. The molecule has 0 bridgehead atoms. The third kappa shape index (κ3) is 4.55. The molecule has 2 aromatic heterocycles. The van der Waals surface area contributed by atoms with E-state index < -0.39 is 0 Å². The van der Waals surface area contributed by atoms with E-state index in [0.29, 0.717) is 45.2 Å². The number of halogens is 1. The van der Waals surface area contributed by atoms with Gasteiger partial charge in [0.15, 0.2) is 29.6 Å². The summed E-state index contributed by atoms with van der Waals surface area (Å²) < 4.78 is 18.7. The summed E-state index contributed by atoms with van der Waals surface area (Å²) in [6.07, 6.45) is 3.06. The predicted octanol–water partition coefficient (Wildman–Crippen LogP) is 5.34. The number of aromatic hydroxyl groups is 1. The third-order valence-corrected chi connectivity index (χ3v) is 6.68. The molecule has 0 unspecified atom stereocenters. The first-order valence-electron chi connectivity index (χ1n) is 11.9. The molecular weight excluding hydrogens is 522 g/mol. The molecule has 0 spiro atoms. The van der Waals surface area contributed by atoms with Gasteiger partial charge in [0.2, 0.25) is 5.88 Å². The number of benzene rings is 3. The van der Waals surface area contributed by atoms with Crippen molar-refractivity contribution in [1.29, 1.82) is 0 Å². The van der Waals surface area contributed by atoms with Crippen LogP contribution in [0.5, 0.6) is 28.9 Å². The number of ether oxygens (including phenoxy) is 3. The molecule has 11 heteroatoms. The number of nitrogens with zero attached hydrogens (tertiary/aromatic N) is 5. The monoisotopic (exact) mass is 543 g/mol. The fourth-order valence-corrected chi connectivity index (χ4v) is 4.74. The van der Waals surface area contributed by atoms with Crippen LogP contribution in [0.3, 0.4) is 0 Å². The van der Waals surface area contributed by atoms with Crippen LogP contribution >= 0.6 is 11.6 Å². The van der Waals surface area contributed by atoms with Crippen LogP contribution in [0.2, 0.25) is 5.02 Å². The van der Waals surface area contributed by atoms with Gasteiger partial charge < -0.3 is 24.2 Å². The maximum atomic E-state index is 10.1. The molecule has 10 nitrogen and oxygen atoms in total. The Morgan fingerprint density at radius 3 is 2.74 bits per heavy atom. The third-order valence-electron chi connectivity index (χ3n) is 6.34. The summed E-state index contributed by atoms with van der Waals surface area (Å²) >= 11 is 6.16. The van der Waals surface area contributed by atoms with Gasteiger partial charge in [-0.3, -0.25) is 0 Å². The van der Waals surface area contributed by atoms with Gasteiger partial charge in [-0.25, -0.2) is 14.5 Å². The summed E-state index contributed by atoms with van der Waals surface area (Å²) in [6, 6.07) is 18.0. The first kappa shape index (κ1) is 24.5. The number of hydrogen-bond acceptors (Lipinski definition) is 9. The Labute approximate surface area is 228 Å². The van der Waals surface area contributed by atoms with Crippen molar-refractivity contribution in [3.8, 4) is 28.9 Å². The quantitative estimate of drug-likeness (QED) is 0.212. The predicted molar refractivity (Wildman–Crippen MR) is 143 cm³/mol. The van der Waals surface area contributed by atoms with Crippen molar-refractivity contribution >= 4 is 23.5 Å². The standard InChI is InChI=1S/C28H22ClN5O5/c1-36-21-10-7-16(11-23(21)37-2)25-19-9-8-18(35)12-22(19)39-28-26(25)27-32-24(33-34(27)15-30-28)14-38-31-13-17-5-3-4-6-20(17)29/h3-13,15,25,35H,14H2,1-2H3/b31-13-/t25-/m0/s1. The molecule has 5 aromatic rings. The second kappa shape index (κ2) is 10.1. The summed E-state index contributed by atoms with van der Waals surface area (Å²) in [5.41, 5.74) is 3.71. The Hall–Kier alpha value is -4.83. The fraction of sp³-hybridized carbons (Fsp3) is 0.143. The Morgan fingerprint density at radius 2 is 1.92 bits per heavy atom. The van der Waals surface area contributed by atoms with Crippen molar-refractivity contribution in [3.05, 3.63) is 100 Å². The maximum Gasteiger partial charge on any atom is 0.228 e. The lowest BCUT2D eigenvalue weighted by molar-refractivity contribution is 0.126. The number of oxime groups is 1. The summed E-state index contributed by atoms with van der Waals surface area (Å²) in [5.74, 6) is 2.18. The molecule has 1 aliphatic rings. The Morgan fingerprint density at radius 1 is 1.08 bits per heavy atom. The van der Waals surface area contributed by atoms with E-state index >= 15 is 0 Å². The molecule has 0 aliphatic carbocycles. The van der Waals surface area contributed by atoms with Gasteiger partial charge in [-0.05, 0) is 29.8 Å². The van der Waals surface area contributed by atoms with Gasteiger partial charge in [0, 0.05) is 28.1 Å². The van der Waals surface area contributed by atoms with E-state index in [1.54, 1.807) is 36.9 Å². The zero-order valence-corrected chi connectivity index (χ0v) is 21.7. The van der Waals surface area contributed by atoms with Crippen LogP contribution in [-0.4, -0.2) is 45.1 Å². The highest BCUT2D eigenvalue weighted by Gasteiger charge is 2.34. The lowest BCUT2D eigenvalue weighted by atomic mass is 9.83. The average molecular weight is 544 g/mol. The van der Waals surface area contributed by atoms with Gasteiger partial charge in [0.05, 0.1) is 26.0 Å². The molecule has 39 heavy (non-hydrogen) atoms. The van der Waals surface area contributed by atoms with Crippen LogP contribution in [0, 0.1) is 0 Å². The maximum absolute atomic E-state index is 10.1. The molecule has 3 heterocycles. The molecule has 0 fully saturated rings. The van der Waals surface area contributed by atoms with Crippen LogP contribution in [-0.2, 0) is 11.4 Å². The number of fused-ring (bicyclic) bond motifs is 4. The molecule has 0 radical (unpaired) electrons. The molecule has 1 aliphatic heterocycles.